The van der Waals surface area contributed by atoms with Gasteiger partial charge in [-0.3, -0.25) is 0 Å². The zero-order chi connectivity index (χ0) is 11.6. The van der Waals surface area contributed by atoms with Crippen LogP contribution >= 0.6 is 0 Å². The minimum atomic E-state index is -0.428. The number of dihydropyridines is 1. The van der Waals surface area contributed by atoms with Gasteiger partial charge in [0.2, 0.25) is 0 Å². The summed E-state index contributed by atoms with van der Waals surface area (Å²) >= 11 is 0. The Labute approximate surface area is 90.7 Å². The van der Waals surface area contributed by atoms with Gasteiger partial charge in [0.1, 0.15) is 0 Å². The van der Waals surface area contributed by atoms with E-state index < -0.39 is 5.41 Å². The molecule has 0 unspecified atom stereocenters. The fraction of sp³-hybridized carbons (Fsp3) is 0.500. The quantitative estimate of drug-likeness (QED) is 0.709. The van der Waals surface area contributed by atoms with E-state index in [1.807, 2.05) is 27.7 Å². The molecule has 3 heteroatoms. The van der Waals surface area contributed by atoms with Crippen LogP contribution in [-0.4, -0.2) is 0 Å². The monoisotopic (exact) mass is 201 g/mol. The van der Waals surface area contributed by atoms with E-state index in [2.05, 4.69) is 17.5 Å². The molecular formula is C12H15N3. The number of hydrogen-bond acceptors (Lipinski definition) is 3. The van der Waals surface area contributed by atoms with Crippen molar-refractivity contribution in [3.63, 3.8) is 0 Å². The summed E-state index contributed by atoms with van der Waals surface area (Å²) in [5, 5.41) is 21.4. The van der Waals surface area contributed by atoms with Crippen molar-refractivity contribution in [2.75, 3.05) is 0 Å². The summed E-state index contributed by atoms with van der Waals surface area (Å²) in [7, 11) is 0. The molecule has 0 fully saturated rings. The molecule has 1 heterocycles. The molecule has 1 aliphatic heterocycles. The normalized spacial score (nSPS) is 19.3. The molecule has 0 aromatic rings. The molecule has 0 atom stereocenters. The lowest BCUT2D eigenvalue weighted by Gasteiger charge is -2.34. The predicted molar refractivity (Wildman–Crippen MR) is 58.2 cm³/mol. The van der Waals surface area contributed by atoms with E-state index >= 15 is 0 Å². The van der Waals surface area contributed by atoms with Crippen molar-refractivity contribution in [1.29, 1.82) is 10.5 Å². The van der Waals surface area contributed by atoms with Gasteiger partial charge in [-0.05, 0) is 27.2 Å². The molecule has 1 aliphatic rings. The van der Waals surface area contributed by atoms with E-state index in [-0.39, 0.29) is 0 Å². The lowest BCUT2D eigenvalue weighted by molar-refractivity contribution is 0.461. The second kappa shape index (κ2) is 3.79. The summed E-state index contributed by atoms with van der Waals surface area (Å²) in [4.78, 5) is 0. The zero-order valence-corrected chi connectivity index (χ0v) is 9.60. The summed E-state index contributed by atoms with van der Waals surface area (Å²) in [6.07, 6.45) is 0.759. The lowest BCUT2D eigenvalue weighted by atomic mass is 9.71. The zero-order valence-electron chi connectivity index (χ0n) is 9.60. The van der Waals surface area contributed by atoms with Crippen LogP contribution in [-0.2, 0) is 0 Å². The minimum Gasteiger partial charge on any atom is -0.361 e. The molecule has 0 aromatic carbocycles. The number of nitrogens with one attached hydrogen (secondary N) is 1. The number of rotatable bonds is 1. The van der Waals surface area contributed by atoms with Gasteiger partial charge in [0.15, 0.2) is 0 Å². The standard InChI is InChI=1S/C12H15N3/c1-5-12(4)10(6-13)8(2)15-9(3)11(12)7-14/h15H,5H2,1-4H3. The highest BCUT2D eigenvalue weighted by Crippen LogP contribution is 2.42. The molecule has 3 nitrogen and oxygen atoms in total. The van der Waals surface area contributed by atoms with Gasteiger partial charge in [0.05, 0.1) is 23.3 Å². The third kappa shape index (κ3) is 1.51. The van der Waals surface area contributed by atoms with Gasteiger partial charge in [-0.25, -0.2) is 0 Å². The molecule has 1 N–H and O–H groups in total. The van der Waals surface area contributed by atoms with Crippen LogP contribution in [0.2, 0.25) is 0 Å². The molecular weight excluding hydrogens is 186 g/mol. The van der Waals surface area contributed by atoms with Crippen LogP contribution in [0.4, 0.5) is 0 Å². The van der Waals surface area contributed by atoms with E-state index in [4.69, 9.17) is 10.5 Å². The lowest BCUT2D eigenvalue weighted by Crippen LogP contribution is -2.32. The van der Waals surface area contributed by atoms with Crippen molar-refractivity contribution in [3.05, 3.63) is 22.5 Å². The first-order valence-corrected chi connectivity index (χ1v) is 5.01. The Bertz CT molecular complexity index is 391. The highest BCUT2D eigenvalue weighted by molar-refractivity contribution is 5.50. The van der Waals surface area contributed by atoms with Crippen molar-refractivity contribution >= 4 is 0 Å². The van der Waals surface area contributed by atoms with Crippen molar-refractivity contribution in [1.82, 2.24) is 5.32 Å². The van der Waals surface area contributed by atoms with Crippen LogP contribution in [0.1, 0.15) is 34.1 Å². The molecule has 0 spiro atoms. The molecule has 1 rings (SSSR count). The fourth-order valence-electron chi connectivity index (χ4n) is 2.13. The first-order valence-electron chi connectivity index (χ1n) is 5.01. The van der Waals surface area contributed by atoms with Gasteiger partial charge in [0.25, 0.3) is 0 Å². The Kier molecular flexibility index (Phi) is 2.86. The Morgan fingerprint density at radius 3 is 1.80 bits per heavy atom. The summed E-state index contributed by atoms with van der Waals surface area (Å²) in [5.74, 6) is 0. The highest BCUT2D eigenvalue weighted by Gasteiger charge is 2.37. The van der Waals surface area contributed by atoms with Crippen LogP contribution in [0.5, 0.6) is 0 Å². The summed E-state index contributed by atoms with van der Waals surface area (Å²) in [6.45, 7) is 7.72. The van der Waals surface area contributed by atoms with Gasteiger partial charge in [-0.1, -0.05) is 6.92 Å². The summed E-state index contributed by atoms with van der Waals surface area (Å²) in [5.41, 5.74) is 2.64. The molecule has 15 heavy (non-hydrogen) atoms. The van der Waals surface area contributed by atoms with Crippen LogP contribution < -0.4 is 5.32 Å². The predicted octanol–water partition coefficient (Wildman–Crippen LogP) is 2.60. The molecule has 78 valence electrons. The third-order valence-electron chi connectivity index (χ3n) is 3.16. The second-order valence-electron chi connectivity index (χ2n) is 4.03. The number of nitrogens with zero attached hydrogens (tertiary/aromatic N) is 2. The van der Waals surface area contributed by atoms with Crippen LogP contribution in [0.15, 0.2) is 22.5 Å². The topological polar surface area (TPSA) is 59.6 Å². The Morgan fingerprint density at radius 1 is 1.13 bits per heavy atom. The maximum absolute atomic E-state index is 9.15. The van der Waals surface area contributed by atoms with Gasteiger partial charge >= 0.3 is 0 Å². The van der Waals surface area contributed by atoms with Crippen molar-refractivity contribution in [2.24, 2.45) is 5.41 Å². The average molecular weight is 201 g/mol. The maximum atomic E-state index is 9.15. The van der Waals surface area contributed by atoms with Crippen molar-refractivity contribution in [2.45, 2.75) is 34.1 Å². The van der Waals surface area contributed by atoms with Crippen molar-refractivity contribution < 1.29 is 0 Å². The SMILES string of the molecule is CCC1(C)C(C#N)=C(C)NC(C)=C1C#N. The molecule has 0 bridgehead atoms. The van der Waals surface area contributed by atoms with Crippen molar-refractivity contribution in [3.8, 4) is 12.1 Å². The largest absolute Gasteiger partial charge is 0.361 e. The molecule has 0 amide bonds. The molecule has 0 saturated heterocycles. The summed E-state index contributed by atoms with van der Waals surface area (Å²) < 4.78 is 0. The number of nitriles is 2. The van der Waals surface area contributed by atoms with E-state index in [0.717, 1.165) is 17.8 Å². The van der Waals surface area contributed by atoms with Gasteiger partial charge in [-0.2, -0.15) is 10.5 Å². The first-order chi connectivity index (χ1) is 7.01. The Hall–Kier alpha value is -1.74. The van der Waals surface area contributed by atoms with Gasteiger partial charge in [0, 0.05) is 16.8 Å². The fourth-order valence-corrected chi connectivity index (χ4v) is 2.13. The van der Waals surface area contributed by atoms with Gasteiger partial charge < -0.3 is 5.32 Å². The second-order valence-corrected chi connectivity index (χ2v) is 4.03. The minimum absolute atomic E-state index is 0.428. The number of allylic oxidation sites excluding steroid dienone is 4. The average Bonchev–Trinajstić information content (AvgIpc) is 2.18. The van der Waals surface area contributed by atoms with Crippen LogP contribution in [0, 0.1) is 28.1 Å². The summed E-state index contributed by atoms with van der Waals surface area (Å²) in [6, 6.07) is 4.42. The van der Waals surface area contributed by atoms with E-state index in [9.17, 15) is 0 Å². The molecule has 0 aliphatic carbocycles. The van der Waals surface area contributed by atoms with E-state index in [0.29, 0.717) is 11.1 Å². The Balaban J connectivity index is 3.43. The Morgan fingerprint density at radius 2 is 1.53 bits per heavy atom. The maximum Gasteiger partial charge on any atom is 0.0975 e. The molecule has 0 saturated carbocycles. The smallest absolute Gasteiger partial charge is 0.0975 e. The third-order valence-corrected chi connectivity index (χ3v) is 3.16. The highest BCUT2D eigenvalue weighted by atomic mass is 14.9. The first kappa shape index (κ1) is 11.3. The molecule has 0 radical (unpaired) electrons. The van der Waals surface area contributed by atoms with E-state index in [1.165, 1.54) is 0 Å². The number of hydrogen-bond donors (Lipinski definition) is 1. The van der Waals surface area contributed by atoms with Crippen LogP contribution in [0.25, 0.3) is 0 Å². The van der Waals surface area contributed by atoms with Crippen LogP contribution in [0.3, 0.4) is 0 Å². The molecule has 0 aromatic heterocycles. The van der Waals surface area contributed by atoms with Gasteiger partial charge in [-0.15, -0.1) is 0 Å². The van der Waals surface area contributed by atoms with E-state index in [1.54, 1.807) is 0 Å².